The zero-order valence-electron chi connectivity index (χ0n) is 18.2. The first kappa shape index (κ1) is 22.9. The molecule has 3 rings (SSSR count). The van der Waals surface area contributed by atoms with Crippen LogP contribution in [0.3, 0.4) is 0 Å². The van der Waals surface area contributed by atoms with Gasteiger partial charge in [0.2, 0.25) is 0 Å². The van der Waals surface area contributed by atoms with Crippen LogP contribution in [0.1, 0.15) is 30.9 Å². The van der Waals surface area contributed by atoms with Crippen molar-refractivity contribution in [1.29, 1.82) is 0 Å². The Hall–Kier alpha value is -3.80. The summed E-state index contributed by atoms with van der Waals surface area (Å²) in [6.07, 6.45) is 3.68. The molecule has 0 aliphatic carbocycles. The van der Waals surface area contributed by atoms with Crippen molar-refractivity contribution in [3.63, 3.8) is 0 Å². The molecule has 0 heterocycles. The largest absolute Gasteiger partial charge is 0.494 e. The summed E-state index contributed by atoms with van der Waals surface area (Å²) in [5.74, 6) is 1.81. The van der Waals surface area contributed by atoms with Crippen molar-refractivity contribution in [2.24, 2.45) is 5.10 Å². The van der Waals surface area contributed by atoms with Gasteiger partial charge in [-0.25, -0.2) is 5.43 Å². The van der Waals surface area contributed by atoms with Gasteiger partial charge in [-0.15, -0.1) is 0 Å². The maximum absolute atomic E-state index is 11.9. The van der Waals surface area contributed by atoms with E-state index < -0.39 is 0 Å². The normalized spacial score (nSPS) is 10.7. The van der Waals surface area contributed by atoms with Gasteiger partial charge in [-0.2, -0.15) is 5.10 Å². The van der Waals surface area contributed by atoms with Gasteiger partial charge in [-0.05, 0) is 66.1 Å². The van der Waals surface area contributed by atoms with E-state index in [1.807, 2.05) is 66.7 Å². The SMILES string of the molecule is CCCCOc1ccc(OCC(=O)N/N=C\c2ccc(OCc3ccccc3)cc2)cc1. The Morgan fingerprint density at radius 1 is 0.844 bits per heavy atom. The van der Waals surface area contributed by atoms with Crippen LogP contribution in [0.25, 0.3) is 0 Å². The fraction of sp³-hybridized carbons (Fsp3) is 0.231. The molecule has 0 saturated heterocycles. The molecule has 1 amide bonds. The average molecular weight is 433 g/mol. The molecular weight excluding hydrogens is 404 g/mol. The van der Waals surface area contributed by atoms with E-state index in [0.29, 0.717) is 19.0 Å². The summed E-state index contributed by atoms with van der Waals surface area (Å²) in [5, 5.41) is 3.97. The molecule has 32 heavy (non-hydrogen) atoms. The van der Waals surface area contributed by atoms with Gasteiger partial charge >= 0.3 is 0 Å². The standard InChI is InChI=1S/C26H28N2O4/c1-2-3-17-30-23-13-15-25(16-14-23)32-20-26(29)28-27-18-21-9-11-24(12-10-21)31-19-22-7-5-4-6-8-22/h4-16,18H,2-3,17,19-20H2,1H3,(H,28,29)/b27-18-. The van der Waals surface area contributed by atoms with Crippen LogP contribution >= 0.6 is 0 Å². The van der Waals surface area contributed by atoms with Gasteiger partial charge in [0, 0.05) is 0 Å². The summed E-state index contributed by atoms with van der Waals surface area (Å²) in [7, 11) is 0. The minimum atomic E-state index is -0.340. The highest BCUT2D eigenvalue weighted by molar-refractivity contribution is 5.83. The van der Waals surface area contributed by atoms with Gasteiger partial charge in [0.25, 0.3) is 5.91 Å². The molecule has 6 nitrogen and oxygen atoms in total. The van der Waals surface area contributed by atoms with Crippen LogP contribution in [0.4, 0.5) is 0 Å². The Bertz CT molecular complexity index is 971. The van der Waals surface area contributed by atoms with Crippen molar-refractivity contribution in [1.82, 2.24) is 5.43 Å². The lowest BCUT2D eigenvalue weighted by Gasteiger charge is -2.08. The van der Waals surface area contributed by atoms with Gasteiger partial charge in [0.05, 0.1) is 12.8 Å². The quantitative estimate of drug-likeness (QED) is 0.249. The lowest BCUT2D eigenvalue weighted by atomic mass is 10.2. The smallest absolute Gasteiger partial charge is 0.277 e. The number of hydrazone groups is 1. The second-order valence-corrected chi connectivity index (χ2v) is 7.10. The molecule has 0 unspecified atom stereocenters. The van der Waals surface area contributed by atoms with E-state index in [0.717, 1.165) is 35.5 Å². The second-order valence-electron chi connectivity index (χ2n) is 7.10. The molecule has 0 fully saturated rings. The maximum Gasteiger partial charge on any atom is 0.277 e. The highest BCUT2D eigenvalue weighted by Crippen LogP contribution is 2.18. The molecule has 6 heteroatoms. The number of ether oxygens (including phenoxy) is 3. The first-order chi connectivity index (χ1) is 15.7. The van der Waals surface area contributed by atoms with E-state index in [-0.39, 0.29) is 12.5 Å². The van der Waals surface area contributed by atoms with Crippen molar-refractivity contribution >= 4 is 12.1 Å². The van der Waals surface area contributed by atoms with Crippen molar-refractivity contribution in [3.8, 4) is 17.2 Å². The summed E-state index contributed by atoms with van der Waals surface area (Å²) in [5.41, 5.74) is 4.41. The first-order valence-electron chi connectivity index (χ1n) is 10.7. The molecule has 0 bridgehead atoms. The molecule has 0 radical (unpaired) electrons. The van der Waals surface area contributed by atoms with E-state index in [9.17, 15) is 4.79 Å². The predicted octanol–water partition coefficient (Wildman–Crippen LogP) is 4.97. The van der Waals surface area contributed by atoms with Crippen LogP contribution in [0.5, 0.6) is 17.2 Å². The van der Waals surface area contributed by atoms with Crippen LogP contribution in [-0.2, 0) is 11.4 Å². The Morgan fingerprint density at radius 2 is 1.47 bits per heavy atom. The molecule has 0 aliphatic rings. The third-order valence-electron chi connectivity index (χ3n) is 4.49. The van der Waals surface area contributed by atoms with Crippen molar-refractivity contribution < 1.29 is 19.0 Å². The van der Waals surface area contributed by atoms with E-state index in [4.69, 9.17) is 14.2 Å². The zero-order chi connectivity index (χ0) is 22.4. The average Bonchev–Trinajstić information content (AvgIpc) is 2.84. The van der Waals surface area contributed by atoms with Gasteiger partial charge in [0.1, 0.15) is 23.9 Å². The number of benzene rings is 3. The number of rotatable bonds is 12. The molecule has 1 N–H and O–H groups in total. The summed E-state index contributed by atoms with van der Waals surface area (Å²) in [6.45, 7) is 3.20. The van der Waals surface area contributed by atoms with Crippen molar-refractivity contribution in [2.75, 3.05) is 13.2 Å². The van der Waals surface area contributed by atoms with Crippen LogP contribution in [0.2, 0.25) is 0 Å². The number of amides is 1. The number of carbonyl (C=O) groups is 1. The van der Waals surface area contributed by atoms with E-state index in [1.54, 1.807) is 18.3 Å². The monoisotopic (exact) mass is 432 g/mol. The minimum Gasteiger partial charge on any atom is -0.494 e. The topological polar surface area (TPSA) is 69.2 Å². The Labute approximate surface area is 188 Å². The molecule has 0 spiro atoms. The summed E-state index contributed by atoms with van der Waals surface area (Å²) in [4.78, 5) is 11.9. The van der Waals surface area contributed by atoms with Crippen LogP contribution in [0.15, 0.2) is 84.0 Å². The number of nitrogens with zero attached hydrogens (tertiary/aromatic N) is 1. The Morgan fingerprint density at radius 3 is 2.16 bits per heavy atom. The Kier molecular flexibility index (Phi) is 9.15. The molecule has 166 valence electrons. The zero-order valence-corrected chi connectivity index (χ0v) is 18.2. The molecule has 3 aromatic carbocycles. The molecular formula is C26H28N2O4. The molecule has 0 saturated carbocycles. The predicted molar refractivity (Wildman–Crippen MR) is 125 cm³/mol. The molecule has 3 aromatic rings. The lowest BCUT2D eigenvalue weighted by Crippen LogP contribution is -2.24. The number of hydrogen-bond acceptors (Lipinski definition) is 5. The number of carbonyl (C=O) groups excluding carboxylic acids is 1. The molecule has 0 aliphatic heterocycles. The number of unbranched alkanes of at least 4 members (excludes halogenated alkanes) is 1. The lowest BCUT2D eigenvalue weighted by molar-refractivity contribution is -0.123. The van der Waals surface area contributed by atoms with Crippen molar-refractivity contribution in [3.05, 3.63) is 90.0 Å². The van der Waals surface area contributed by atoms with E-state index in [1.165, 1.54) is 0 Å². The van der Waals surface area contributed by atoms with E-state index in [2.05, 4.69) is 17.5 Å². The second kappa shape index (κ2) is 12.8. The summed E-state index contributed by atoms with van der Waals surface area (Å²) < 4.78 is 16.8. The van der Waals surface area contributed by atoms with Crippen molar-refractivity contribution in [2.45, 2.75) is 26.4 Å². The molecule has 0 aromatic heterocycles. The minimum absolute atomic E-state index is 0.125. The van der Waals surface area contributed by atoms with Gasteiger partial charge in [0.15, 0.2) is 6.61 Å². The highest BCUT2D eigenvalue weighted by Gasteiger charge is 2.02. The number of nitrogens with one attached hydrogen (secondary N) is 1. The third kappa shape index (κ3) is 8.14. The van der Waals surface area contributed by atoms with Gasteiger partial charge in [-0.3, -0.25) is 4.79 Å². The Balaban J connectivity index is 1.36. The number of hydrogen-bond donors (Lipinski definition) is 1. The van der Waals surface area contributed by atoms with Gasteiger partial charge in [-0.1, -0.05) is 43.7 Å². The van der Waals surface area contributed by atoms with E-state index >= 15 is 0 Å². The fourth-order valence-corrected chi connectivity index (χ4v) is 2.72. The highest BCUT2D eigenvalue weighted by atomic mass is 16.5. The van der Waals surface area contributed by atoms with Crippen LogP contribution in [-0.4, -0.2) is 25.3 Å². The fourth-order valence-electron chi connectivity index (χ4n) is 2.72. The van der Waals surface area contributed by atoms with Gasteiger partial charge < -0.3 is 14.2 Å². The van der Waals surface area contributed by atoms with Crippen LogP contribution in [0, 0.1) is 0 Å². The molecule has 0 atom stereocenters. The maximum atomic E-state index is 11.9. The van der Waals surface area contributed by atoms with Crippen LogP contribution < -0.4 is 19.6 Å². The summed E-state index contributed by atoms with van der Waals surface area (Å²) in [6, 6.07) is 24.7. The summed E-state index contributed by atoms with van der Waals surface area (Å²) >= 11 is 0. The third-order valence-corrected chi connectivity index (χ3v) is 4.49. The first-order valence-corrected chi connectivity index (χ1v) is 10.7.